The first-order chi connectivity index (χ1) is 26.0. The summed E-state index contributed by atoms with van der Waals surface area (Å²) in [5.41, 5.74) is -4.12. The van der Waals surface area contributed by atoms with Crippen LogP contribution in [0.15, 0.2) is 5.16 Å². The van der Waals surface area contributed by atoms with Crippen LogP contribution in [0.5, 0.6) is 0 Å². The summed E-state index contributed by atoms with van der Waals surface area (Å²) in [6, 6.07) is -0.294. The highest BCUT2D eigenvalue weighted by Crippen LogP contribution is 2.41. The number of hydrogen-bond donors (Lipinski definition) is 5. The minimum absolute atomic E-state index is 0.103. The number of ether oxygens (including phenoxy) is 7. The molecule has 0 saturated carbocycles. The fourth-order valence-electron chi connectivity index (χ4n) is 8.71. The molecule has 0 aromatic carbocycles. The van der Waals surface area contributed by atoms with Crippen molar-refractivity contribution in [1.82, 2.24) is 4.90 Å². The van der Waals surface area contributed by atoms with Crippen LogP contribution in [-0.2, 0) is 47.6 Å². The number of oxime groups is 1. The first-order valence-corrected chi connectivity index (χ1v) is 19.7. The number of carboxylic acids is 1. The summed E-state index contributed by atoms with van der Waals surface area (Å²) in [4.78, 5) is 32.8. The number of methoxy groups -OCH3 is 2. The van der Waals surface area contributed by atoms with Crippen molar-refractivity contribution in [1.29, 1.82) is 0 Å². The van der Waals surface area contributed by atoms with Gasteiger partial charge in [-0.2, -0.15) is 0 Å². The van der Waals surface area contributed by atoms with Gasteiger partial charge in [0.2, 0.25) is 6.61 Å². The molecule has 3 fully saturated rings. The molecule has 3 aliphatic heterocycles. The van der Waals surface area contributed by atoms with E-state index in [1.807, 2.05) is 32.8 Å². The van der Waals surface area contributed by atoms with E-state index in [0.29, 0.717) is 13.0 Å². The van der Waals surface area contributed by atoms with Gasteiger partial charge in [0.25, 0.3) is 0 Å². The van der Waals surface area contributed by atoms with Crippen molar-refractivity contribution in [2.24, 2.45) is 28.8 Å². The lowest BCUT2D eigenvalue weighted by atomic mass is 9.73. The van der Waals surface area contributed by atoms with Gasteiger partial charge in [-0.15, -0.1) is 0 Å². The van der Waals surface area contributed by atoms with Crippen molar-refractivity contribution < 1.29 is 73.1 Å². The molecule has 5 N–H and O–H groups in total. The van der Waals surface area contributed by atoms with Gasteiger partial charge in [-0.1, -0.05) is 32.9 Å². The molecule has 326 valence electrons. The average molecular weight is 807 g/mol. The second kappa shape index (κ2) is 19.8. The minimum atomic E-state index is -2.01. The molecule has 3 rings (SSSR count). The van der Waals surface area contributed by atoms with Gasteiger partial charge in [0, 0.05) is 44.4 Å². The van der Waals surface area contributed by atoms with E-state index < -0.39 is 114 Å². The van der Waals surface area contributed by atoms with Crippen LogP contribution < -0.4 is 0 Å². The van der Waals surface area contributed by atoms with Crippen molar-refractivity contribution in [3.8, 4) is 0 Å². The van der Waals surface area contributed by atoms with E-state index in [1.54, 1.807) is 41.5 Å². The molecule has 3 saturated heterocycles. The zero-order valence-electron chi connectivity index (χ0n) is 35.5. The SMILES string of the molecule is CCC1OC(=O)[C@H](C)C(OC2CC(C)(OC)C(O)C(C)O2)C(C)C(OC2OCCC(N(C)C)C2O)[C@](C)(OC)CC(C)/C(=N\OCC(=O)O)[C@H](C)[C@@H](O)[C@]1(C)O. The van der Waals surface area contributed by atoms with Crippen LogP contribution in [0, 0.1) is 23.7 Å². The molecule has 17 nitrogen and oxygen atoms in total. The van der Waals surface area contributed by atoms with Gasteiger partial charge in [-0.3, -0.25) is 4.79 Å². The van der Waals surface area contributed by atoms with Gasteiger partial charge < -0.3 is 68.4 Å². The summed E-state index contributed by atoms with van der Waals surface area (Å²) in [7, 11) is 6.71. The Morgan fingerprint density at radius 2 is 1.57 bits per heavy atom. The Morgan fingerprint density at radius 3 is 2.12 bits per heavy atom. The molecule has 56 heavy (non-hydrogen) atoms. The lowest BCUT2D eigenvalue weighted by Crippen LogP contribution is -2.61. The van der Waals surface area contributed by atoms with E-state index in [-0.39, 0.29) is 31.0 Å². The molecular formula is C39H70N2O15. The van der Waals surface area contributed by atoms with E-state index in [1.165, 1.54) is 21.1 Å². The molecule has 0 amide bonds. The second-order valence-corrected chi connectivity index (χ2v) is 16.9. The Kier molecular flexibility index (Phi) is 17.1. The topological polar surface area (TPSA) is 225 Å². The number of cyclic esters (lactones) is 1. The van der Waals surface area contributed by atoms with E-state index in [9.17, 15) is 35.1 Å². The van der Waals surface area contributed by atoms with Crippen molar-refractivity contribution >= 4 is 17.7 Å². The third-order valence-electron chi connectivity index (χ3n) is 12.4. The third kappa shape index (κ3) is 10.8. The van der Waals surface area contributed by atoms with Gasteiger partial charge in [0.1, 0.15) is 23.9 Å². The van der Waals surface area contributed by atoms with Crippen LogP contribution in [-0.4, -0.2) is 168 Å². The second-order valence-electron chi connectivity index (χ2n) is 16.9. The summed E-state index contributed by atoms with van der Waals surface area (Å²) in [6.07, 6.45) is -8.75. The Hall–Kier alpha value is -2.03. The van der Waals surface area contributed by atoms with Crippen LogP contribution in [0.1, 0.15) is 88.0 Å². The molecule has 0 bridgehead atoms. The van der Waals surface area contributed by atoms with Crippen LogP contribution in [0.3, 0.4) is 0 Å². The zero-order valence-corrected chi connectivity index (χ0v) is 35.5. The number of carboxylic acid groups (broad SMARTS) is 1. The zero-order chi connectivity index (χ0) is 42.5. The van der Waals surface area contributed by atoms with E-state index in [0.717, 1.165) is 0 Å². The number of rotatable bonds is 11. The van der Waals surface area contributed by atoms with Crippen molar-refractivity contribution in [2.75, 3.05) is 41.5 Å². The van der Waals surface area contributed by atoms with Crippen LogP contribution >= 0.6 is 0 Å². The fraction of sp³-hybridized carbons (Fsp3) is 0.923. The van der Waals surface area contributed by atoms with E-state index in [4.69, 9.17) is 38.0 Å². The molecule has 0 spiro atoms. The highest BCUT2D eigenvalue weighted by molar-refractivity contribution is 5.89. The number of likely N-dealkylation sites (N-methyl/N-ethyl adjacent to an activating group) is 1. The number of aliphatic carboxylic acids is 1. The number of carbonyl (C=O) groups excluding carboxylic acids is 1. The molecule has 12 unspecified atom stereocenters. The molecule has 0 aliphatic carbocycles. The van der Waals surface area contributed by atoms with Crippen molar-refractivity contribution in [3.63, 3.8) is 0 Å². The van der Waals surface area contributed by atoms with Gasteiger partial charge in [-0.05, 0) is 68.0 Å². The number of hydrogen-bond acceptors (Lipinski definition) is 16. The largest absolute Gasteiger partial charge is 0.479 e. The van der Waals surface area contributed by atoms with Gasteiger partial charge in [0.15, 0.2) is 12.6 Å². The minimum Gasteiger partial charge on any atom is -0.479 e. The standard InChI is InChI=1S/C39H70N2O15/c1-14-26-39(9,48)32(45)21(3)29(40-52-19-27(42)43)20(2)17-38(8,50-13)34(56-36-30(44)25(41(10)11)15-16-51-36)22(4)31(23(5)35(47)54-26)55-28-18-37(7,49-12)33(46)24(6)53-28/h20-26,28,30-34,36,44-46,48H,14-19H2,1-13H3,(H,42,43)/b40-29+/t20?,21-,22?,23+,24?,25?,26?,28?,30?,31?,32+,33?,34?,36?,37?,38+,39+/m0/s1. The smallest absolute Gasteiger partial charge is 0.344 e. The predicted molar refractivity (Wildman–Crippen MR) is 202 cm³/mol. The lowest BCUT2D eigenvalue weighted by Gasteiger charge is -2.49. The Balaban J connectivity index is 2.27. The molecule has 0 aromatic rings. The molecule has 17 atom stereocenters. The first-order valence-electron chi connectivity index (χ1n) is 19.7. The Labute approximate surface area is 331 Å². The van der Waals surface area contributed by atoms with E-state index >= 15 is 0 Å². The number of aliphatic hydroxyl groups excluding tert-OH is 3. The Bertz CT molecular complexity index is 1320. The monoisotopic (exact) mass is 806 g/mol. The molecule has 17 heteroatoms. The van der Waals surface area contributed by atoms with Gasteiger partial charge >= 0.3 is 11.9 Å². The number of esters is 1. The normalized spacial score (nSPS) is 45.6. The van der Waals surface area contributed by atoms with Crippen LogP contribution in [0.2, 0.25) is 0 Å². The summed E-state index contributed by atoms with van der Waals surface area (Å²) in [5, 5.41) is 59.7. The Morgan fingerprint density at radius 1 is 0.946 bits per heavy atom. The third-order valence-corrected chi connectivity index (χ3v) is 12.4. The maximum absolute atomic E-state index is 14.3. The maximum Gasteiger partial charge on any atom is 0.344 e. The highest BCUT2D eigenvalue weighted by Gasteiger charge is 2.53. The van der Waals surface area contributed by atoms with E-state index in [2.05, 4.69) is 5.16 Å². The first kappa shape index (κ1) is 48.3. The quantitative estimate of drug-likeness (QED) is 0.149. The lowest BCUT2D eigenvalue weighted by molar-refractivity contribution is -0.314. The fourth-order valence-corrected chi connectivity index (χ4v) is 8.71. The van der Waals surface area contributed by atoms with Gasteiger partial charge in [0.05, 0.1) is 53.9 Å². The summed E-state index contributed by atoms with van der Waals surface area (Å²) >= 11 is 0. The number of carbonyl (C=O) groups is 2. The van der Waals surface area contributed by atoms with Crippen LogP contribution in [0.25, 0.3) is 0 Å². The maximum atomic E-state index is 14.3. The summed E-state index contributed by atoms with van der Waals surface area (Å²) in [6.45, 7) is 14.8. The molecule has 0 radical (unpaired) electrons. The van der Waals surface area contributed by atoms with Gasteiger partial charge in [-0.25, -0.2) is 4.79 Å². The summed E-state index contributed by atoms with van der Waals surface area (Å²) < 4.78 is 43.9. The molecular weight excluding hydrogens is 736 g/mol. The number of aliphatic hydroxyl groups is 4. The summed E-state index contributed by atoms with van der Waals surface area (Å²) in [5.74, 6) is -5.33. The predicted octanol–water partition coefficient (Wildman–Crippen LogP) is 1.94. The average Bonchev–Trinajstić information content (AvgIpc) is 3.14. The molecule has 3 heterocycles. The highest BCUT2D eigenvalue weighted by atomic mass is 16.7. The number of nitrogens with zero attached hydrogens (tertiary/aromatic N) is 2. The van der Waals surface area contributed by atoms with Crippen molar-refractivity contribution in [2.45, 2.75) is 166 Å². The molecule has 0 aromatic heterocycles. The molecule has 3 aliphatic rings. The van der Waals surface area contributed by atoms with Crippen LogP contribution in [0.4, 0.5) is 0 Å². The van der Waals surface area contributed by atoms with Crippen molar-refractivity contribution in [3.05, 3.63) is 0 Å².